The maximum absolute atomic E-state index is 4.95. The first-order chi connectivity index (χ1) is 10.1. The summed E-state index contributed by atoms with van der Waals surface area (Å²) in [5.74, 6) is 0. The third-order valence-electron chi connectivity index (χ3n) is 3.31. The SMILES string of the molecule is C[Si](C)(C)n1nc(-c2ccccc2)pc1-c1ccccc1. The molecule has 2 aromatic carbocycles. The van der Waals surface area contributed by atoms with Crippen molar-refractivity contribution in [2.45, 2.75) is 19.6 Å². The van der Waals surface area contributed by atoms with Gasteiger partial charge in [-0.15, -0.1) is 0 Å². The highest BCUT2D eigenvalue weighted by Crippen LogP contribution is 2.37. The van der Waals surface area contributed by atoms with E-state index in [0.29, 0.717) is 0 Å². The summed E-state index contributed by atoms with van der Waals surface area (Å²) in [6.45, 7) is 7.01. The normalized spacial score (nSPS) is 12.0. The smallest absolute Gasteiger partial charge is 0.177 e. The topological polar surface area (TPSA) is 17.8 Å². The highest BCUT2D eigenvalue weighted by Gasteiger charge is 2.23. The van der Waals surface area contributed by atoms with E-state index in [4.69, 9.17) is 5.10 Å². The quantitative estimate of drug-likeness (QED) is 0.586. The molecular formula is C17H19N2PSi. The van der Waals surface area contributed by atoms with Crippen molar-refractivity contribution in [3.05, 3.63) is 60.7 Å². The molecule has 21 heavy (non-hydrogen) atoms. The van der Waals surface area contributed by atoms with Crippen molar-refractivity contribution in [2.24, 2.45) is 0 Å². The highest BCUT2D eigenvalue weighted by atomic mass is 31.0. The molecule has 0 atom stereocenters. The number of rotatable bonds is 3. The van der Waals surface area contributed by atoms with E-state index in [0.717, 1.165) is 5.43 Å². The minimum atomic E-state index is -1.54. The molecule has 0 spiro atoms. The van der Waals surface area contributed by atoms with Crippen molar-refractivity contribution >= 4 is 16.4 Å². The van der Waals surface area contributed by atoms with Crippen LogP contribution in [0, 0.1) is 0 Å². The number of nitrogens with zero attached hydrogens (tertiary/aromatic N) is 2. The van der Waals surface area contributed by atoms with Gasteiger partial charge in [0.05, 0.1) is 5.43 Å². The van der Waals surface area contributed by atoms with Crippen LogP contribution in [0.3, 0.4) is 0 Å². The van der Waals surface area contributed by atoms with Crippen LogP contribution in [0.1, 0.15) is 0 Å². The molecule has 0 amide bonds. The number of aromatic nitrogens is 2. The van der Waals surface area contributed by atoms with Crippen molar-refractivity contribution < 1.29 is 0 Å². The van der Waals surface area contributed by atoms with Crippen molar-refractivity contribution in [1.29, 1.82) is 0 Å². The Labute approximate surface area is 128 Å². The van der Waals surface area contributed by atoms with Crippen LogP contribution in [0.5, 0.6) is 0 Å². The van der Waals surface area contributed by atoms with Gasteiger partial charge in [-0.2, -0.15) is 5.10 Å². The van der Waals surface area contributed by atoms with Gasteiger partial charge < -0.3 is 0 Å². The number of hydrogen-bond acceptors (Lipinski definition) is 1. The van der Waals surface area contributed by atoms with Crippen molar-refractivity contribution in [3.8, 4) is 22.0 Å². The van der Waals surface area contributed by atoms with Gasteiger partial charge in [-0.25, -0.2) is 0 Å². The van der Waals surface area contributed by atoms with Crippen LogP contribution < -0.4 is 0 Å². The molecule has 0 aliphatic carbocycles. The van der Waals surface area contributed by atoms with Crippen LogP contribution in [0.2, 0.25) is 19.6 Å². The van der Waals surface area contributed by atoms with Crippen LogP contribution in [0.25, 0.3) is 22.0 Å². The molecule has 3 aromatic rings. The third-order valence-corrected chi connectivity index (χ3v) is 6.31. The first kappa shape index (κ1) is 14.2. The van der Waals surface area contributed by atoms with E-state index in [1.165, 1.54) is 24.7 Å². The van der Waals surface area contributed by atoms with Gasteiger partial charge in [0.2, 0.25) is 0 Å². The van der Waals surface area contributed by atoms with Gasteiger partial charge >= 0.3 is 0 Å². The molecule has 0 bridgehead atoms. The zero-order valence-electron chi connectivity index (χ0n) is 12.6. The fraction of sp³-hybridized carbons (Fsp3) is 0.176. The molecular weight excluding hydrogens is 291 g/mol. The second-order valence-electron chi connectivity index (χ2n) is 6.07. The Hall–Kier alpha value is -1.70. The Kier molecular flexibility index (Phi) is 3.79. The molecule has 0 unspecified atom stereocenters. The predicted octanol–water partition coefficient (Wildman–Crippen LogP) is 5.48. The van der Waals surface area contributed by atoms with E-state index in [1.807, 2.05) is 6.07 Å². The summed E-state index contributed by atoms with van der Waals surface area (Å²) in [6.07, 6.45) is 0. The summed E-state index contributed by atoms with van der Waals surface area (Å²) >= 11 is 0. The van der Waals surface area contributed by atoms with Crippen molar-refractivity contribution in [1.82, 2.24) is 9.45 Å². The molecule has 2 nitrogen and oxygen atoms in total. The molecule has 0 fully saturated rings. The Morgan fingerprint density at radius 1 is 0.810 bits per heavy atom. The molecule has 106 valence electrons. The predicted molar refractivity (Wildman–Crippen MR) is 94.4 cm³/mol. The molecule has 0 saturated carbocycles. The molecule has 0 radical (unpaired) electrons. The zero-order chi connectivity index (χ0) is 14.9. The fourth-order valence-corrected chi connectivity index (χ4v) is 5.59. The lowest BCUT2D eigenvalue weighted by Crippen LogP contribution is -2.33. The summed E-state index contributed by atoms with van der Waals surface area (Å²) in [5, 5.41) is 4.95. The molecule has 1 aromatic heterocycles. The first-order valence-corrected chi connectivity index (χ1v) is 11.5. The lowest BCUT2D eigenvalue weighted by Gasteiger charge is -2.19. The third kappa shape index (κ3) is 2.99. The standard InChI is InChI=1S/C17H19N2PSi/c1-21(2,3)19-17(15-12-8-5-9-13-15)20-16(18-19)14-10-6-4-7-11-14/h4-13H,1-3H3. The van der Waals surface area contributed by atoms with Gasteiger partial charge in [-0.3, -0.25) is 4.35 Å². The molecule has 0 aliphatic rings. The monoisotopic (exact) mass is 310 g/mol. The van der Waals surface area contributed by atoms with E-state index in [1.54, 1.807) is 0 Å². The lowest BCUT2D eigenvalue weighted by molar-refractivity contribution is 0.945. The summed E-state index contributed by atoms with van der Waals surface area (Å²) in [7, 11) is -0.340. The molecule has 0 aliphatic heterocycles. The largest absolute Gasteiger partial charge is 0.289 e. The summed E-state index contributed by atoms with van der Waals surface area (Å²) in [4.78, 5) is 0. The van der Waals surface area contributed by atoms with E-state index in [9.17, 15) is 0 Å². The van der Waals surface area contributed by atoms with Gasteiger partial charge in [0.1, 0.15) is 5.43 Å². The molecule has 4 heteroatoms. The van der Waals surface area contributed by atoms with Gasteiger partial charge in [-0.05, 0) is 27.8 Å². The fourth-order valence-electron chi connectivity index (χ4n) is 2.26. The van der Waals surface area contributed by atoms with E-state index < -0.39 is 8.24 Å². The second-order valence-corrected chi connectivity index (χ2v) is 11.9. The van der Waals surface area contributed by atoms with Crippen LogP contribution in [0.4, 0.5) is 0 Å². The summed E-state index contributed by atoms with van der Waals surface area (Å²) in [6, 6.07) is 21.1. The maximum Gasteiger partial charge on any atom is 0.177 e. The van der Waals surface area contributed by atoms with Gasteiger partial charge in [0.25, 0.3) is 0 Å². The first-order valence-electron chi connectivity index (χ1n) is 7.14. The minimum Gasteiger partial charge on any atom is -0.289 e. The summed E-state index contributed by atoms with van der Waals surface area (Å²) < 4.78 is 2.30. The van der Waals surface area contributed by atoms with Crippen LogP contribution in [0.15, 0.2) is 60.7 Å². The van der Waals surface area contributed by atoms with E-state index >= 15 is 0 Å². The Balaban J connectivity index is 2.17. The van der Waals surface area contributed by atoms with Gasteiger partial charge in [-0.1, -0.05) is 60.7 Å². The second kappa shape index (κ2) is 5.59. The van der Waals surface area contributed by atoms with Gasteiger partial charge in [0, 0.05) is 11.1 Å². The number of benzene rings is 2. The van der Waals surface area contributed by atoms with Crippen molar-refractivity contribution in [2.75, 3.05) is 0 Å². The average molecular weight is 310 g/mol. The lowest BCUT2D eigenvalue weighted by atomic mass is 10.2. The minimum absolute atomic E-state index is 1.15. The van der Waals surface area contributed by atoms with E-state index in [2.05, 4.69) is 78.6 Å². The molecule has 3 rings (SSSR count). The Morgan fingerprint density at radius 2 is 1.33 bits per heavy atom. The van der Waals surface area contributed by atoms with Crippen LogP contribution in [-0.4, -0.2) is 17.7 Å². The molecule has 0 saturated heterocycles. The highest BCUT2D eigenvalue weighted by molar-refractivity contribution is 7.37. The molecule has 0 N–H and O–H groups in total. The van der Waals surface area contributed by atoms with Gasteiger partial charge in [0.15, 0.2) is 8.24 Å². The Bertz CT molecular complexity index is 730. The summed E-state index contributed by atoms with van der Waals surface area (Å²) in [5.41, 5.74) is 4.95. The van der Waals surface area contributed by atoms with E-state index in [-0.39, 0.29) is 0 Å². The van der Waals surface area contributed by atoms with Crippen molar-refractivity contribution in [3.63, 3.8) is 0 Å². The van der Waals surface area contributed by atoms with Crippen LogP contribution in [-0.2, 0) is 0 Å². The molecule has 1 heterocycles. The Morgan fingerprint density at radius 3 is 1.86 bits per heavy atom. The number of hydrogen-bond donors (Lipinski definition) is 0. The maximum atomic E-state index is 4.95. The zero-order valence-corrected chi connectivity index (χ0v) is 14.5. The van der Waals surface area contributed by atoms with Crippen LogP contribution >= 0.6 is 8.19 Å². The average Bonchev–Trinajstić information content (AvgIpc) is 2.94.